The molecular weight excluding hydrogens is 256 g/mol. The van der Waals surface area contributed by atoms with E-state index >= 15 is 0 Å². The van der Waals surface area contributed by atoms with E-state index in [-0.39, 0.29) is 18.9 Å². The van der Waals surface area contributed by atoms with Crippen molar-refractivity contribution >= 4 is 5.91 Å². The Morgan fingerprint density at radius 2 is 2.10 bits per heavy atom. The molecule has 0 aromatic heterocycles. The molecule has 1 aliphatic rings. The number of rotatable bonds is 6. The van der Waals surface area contributed by atoms with Crippen molar-refractivity contribution in [3.8, 4) is 11.8 Å². The van der Waals surface area contributed by atoms with Crippen molar-refractivity contribution in [3.05, 3.63) is 29.8 Å². The molecule has 2 rings (SSSR count). The number of nitriles is 1. The monoisotopic (exact) mass is 274 g/mol. The van der Waals surface area contributed by atoms with Crippen LogP contribution >= 0.6 is 0 Å². The van der Waals surface area contributed by atoms with Crippen LogP contribution in [-0.2, 0) is 11.2 Å². The maximum Gasteiger partial charge on any atom is 0.224 e. The van der Waals surface area contributed by atoms with Crippen molar-refractivity contribution in [2.45, 2.75) is 31.3 Å². The van der Waals surface area contributed by atoms with Crippen LogP contribution in [0.15, 0.2) is 24.3 Å². The minimum atomic E-state index is -0.690. The van der Waals surface area contributed by atoms with E-state index in [1.54, 1.807) is 24.3 Å². The summed E-state index contributed by atoms with van der Waals surface area (Å²) in [6, 6.07) is 8.96. The van der Waals surface area contributed by atoms with Gasteiger partial charge in [0.05, 0.1) is 12.0 Å². The molecule has 5 heteroatoms. The third-order valence-corrected chi connectivity index (χ3v) is 3.49. The molecular formula is C15H18N2O3. The first-order valence-electron chi connectivity index (χ1n) is 6.69. The van der Waals surface area contributed by atoms with Crippen LogP contribution in [0.4, 0.5) is 0 Å². The van der Waals surface area contributed by atoms with Gasteiger partial charge in [-0.25, -0.2) is 0 Å². The van der Waals surface area contributed by atoms with E-state index in [4.69, 9.17) is 10.00 Å². The lowest BCUT2D eigenvalue weighted by molar-refractivity contribution is -0.122. The van der Waals surface area contributed by atoms with Gasteiger partial charge in [0.1, 0.15) is 11.8 Å². The molecule has 0 bridgehead atoms. The Morgan fingerprint density at radius 1 is 1.40 bits per heavy atom. The fraction of sp³-hybridized carbons (Fsp3) is 0.467. The SMILES string of the molecule is N#CCOc1ccc(CC(=O)NCC2(O)CCC2)cc1. The molecule has 1 saturated carbocycles. The number of carbonyl (C=O) groups excluding carboxylic acids is 1. The first kappa shape index (κ1) is 14.4. The summed E-state index contributed by atoms with van der Waals surface area (Å²) < 4.78 is 5.13. The Hall–Kier alpha value is -2.06. The van der Waals surface area contributed by atoms with Crippen LogP contribution in [0.3, 0.4) is 0 Å². The Bertz CT molecular complexity index is 501. The lowest BCUT2D eigenvalue weighted by Crippen LogP contribution is -2.48. The van der Waals surface area contributed by atoms with Gasteiger partial charge >= 0.3 is 0 Å². The highest BCUT2D eigenvalue weighted by atomic mass is 16.5. The lowest BCUT2D eigenvalue weighted by Gasteiger charge is -2.36. The molecule has 1 aromatic rings. The van der Waals surface area contributed by atoms with Crippen molar-refractivity contribution in [3.63, 3.8) is 0 Å². The van der Waals surface area contributed by atoms with Crippen LogP contribution in [0.2, 0.25) is 0 Å². The van der Waals surface area contributed by atoms with Crippen molar-refractivity contribution in [1.29, 1.82) is 5.26 Å². The number of carbonyl (C=O) groups is 1. The molecule has 106 valence electrons. The number of benzene rings is 1. The maximum atomic E-state index is 11.8. The summed E-state index contributed by atoms with van der Waals surface area (Å²) in [5.74, 6) is 0.510. The first-order valence-corrected chi connectivity index (χ1v) is 6.69. The minimum absolute atomic E-state index is 0.0123. The number of hydrogen-bond acceptors (Lipinski definition) is 4. The van der Waals surface area contributed by atoms with E-state index in [1.165, 1.54) is 0 Å². The molecule has 1 aromatic carbocycles. The van der Waals surface area contributed by atoms with E-state index in [9.17, 15) is 9.90 Å². The number of ether oxygens (including phenoxy) is 1. The van der Waals surface area contributed by atoms with E-state index < -0.39 is 5.60 Å². The van der Waals surface area contributed by atoms with Gasteiger partial charge in [0.15, 0.2) is 6.61 Å². The van der Waals surface area contributed by atoms with E-state index in [0.29, 0.717) is 12.3 Å². The second-order valence-electron chi connectivity index (χ2n) is 5.12. The van der Waals surface area contributed by atoms with Gasteiger partial charge in [-0.3, -0.25) is 4.79 Å². The maximum absolute atomic E-state index is 11.8. The van der Waals surface area contributed by atoms with Gasteiger partial charge in [0, 0.05) is 6.54 Å². The number of aliphatic hydroxyl groups is 1. The number of nitrogens with zero attached hydrogens (tertiary/aromatic N) is 1. The molecule has 0 saturated heterocycles. The fourth-order valence-electron chi connectivity index (χ4n) is 2.09. The lowest BCUT2D eigenvalue weighted by atomic mass is 9.80. The van der Waals surface area contributed by atoms with Crippen LogP contribution in [0.1, 0.15) is 24.8 Å². The van der Waals surface area contributed by atoms with Crippen molar-refractivity contribution in [2.24, 2.45) is 0 Å². The van der Waals surface area contributed by atoms with Gasteiger partial charge < -0.3 is 15.2 Å². The molecule has 0 spiro atoms. The van der Waals surface area contributed by atoms with Crippen molar-refractivity contribution < 1.29 is 14.6 Å². The molecule has 1 fully saturated rings. The predicted molar refractivity (Wildman–Crippen MR) is 73.1 cm³/mol. The Balaban J connectivity index is 1.77. The van der Waals surface area contributed by atoms with E-state index in [1.807, 2.05) is 6.07 Å². The molecule has 0 heterocycles. The molecule has 0 aliphatic heterocycles. The van der Waals surface area contributed by atoms with Gasteiger partial charge in [-0.05, 0) is 37.0 Å². The van der Waals surface area contributed by atoms with Crippen molar-refractivity contribution in [1.82, 2.24) is 5.32 Å². The number of hydrogen-bond donors (Lipinski definition) is 2. The van der Waals surface area contributed by atoms with Crippen LogP contribution in [0.5, 0.6) is 5.75 Å². The minimum Gasteiger partial charge on any atom is -0.479 e. The average Bonchev–Trinajstić information content (AvgIpc) is 2.42. The zero-order chi connectivity index (χ0) is 14.4. The Labute approximate surface area is 118 Å². The summed E-state index contributed by atoms with van der Waals surface area (Å²) in [5.41, 5.74) is 0.178. The normalized spacial score (nSPS) is 15.8. The van der Waals surface area contributed by atoms with Gasteiger partial charge in [-0.1, -0.05) is 12.1 Å². The summed E-state index contributed by atoms with van der Waals surface area (Å²) in [4.78, 5) is 11.8. The molecule has 0 unspecified atom stereocenters. The van der Waals surface area contributed by atoms with Gasteiger partial charge in [0.2, 0.25) is 5.91 Å². The van der Waals surface area contributed by atoms with E-state index in [0.717, 1.165) is 24.8 Å². The Kier molecular flexibility index (Phi) is 4.59. The zero-order valence-electron chi connectivity index (χ0n) is 11.3. The highest BCUT2D eigenvalue weighted by Crippen LogP contribution is 2.30. The number of nitrogens with one attached hydrogen (secondary N) is 1. The highest BCUT2D eigenvalue weighted by Gasteiger charge is 2.34. The summed E-state index contributed by atoms with van der Waals surface area (Å²) in [6.07, 6.45) is 2.82. The molecule has 1 amide bonds. The predicted octanol–water partition coefficient (Wildman–Crippen LogP) is 1.16. The second-order valence-corrected chi connectivity index (χ2v) is 5.12. The fourth-order valence-corrected chi connectivity index (χ4v) is 2.09. The third kappa shape index (κ3) is 3.97. The summed E-state index contributed by atoms with van der Waals surface area (Å²) in [6.45, 7) is 0.341. The van der Waals surface area contributed by atoms with Crippen LogP contribution in [0, 0.1) is 11.3 Å². The van der Waals surface area contributed by atoms with Crippen LogP contribution in [-0.4, -0.2) is 29.8 Å². The van der Waals surface area contributed by atoms with Crippen LogP contribution in [0.25, 0.3) is 0 Å². The quantitative estimate of drug-likeness (QED) is 0.815. The number of amides is 1. The van der Waals surface area contributed by atoms with Gasteiger partial charge in [-0.15, -0.1) is 0 Å². The smallest absolute Gasteiger partial charge is 0.224 e. The molecule has 2 N–H and O–H groups in total. The van der Waals surface area contributed by atoms with Crippen molar-refractivity contribution in [2.75, 3.05) is 13.2 Å². The summed E-state index contributed by atoms with van der Waals surface area (Å²) in [7, 11) is 0. The standard InChI is InChI=1S/C15H18N2O3/c16-8-9-20-13-4-2-12(3-5-13)10-14(18)17-11-15(19)6-1-7-15/h2-5,19H,1,6-7,9-11H2,(H,17,18). The molecule has 0 atom stereocenters. The largest absolute Gasteiger partial charge is 0.479 e. The molecule has 5 nitrogen and oxygen atoms in total. The molecule has 20 heavy (non-hydrogen) atoms. The summed E-state index contributed by atoms with van der Waals surface area (Å²) >= 11 is 0. The molecule has 0 radical (unpaired) electrons. The Morgan fingerprint density at radius 3 is 2.65 bits per heavy atom. The average molecular weight is 274 g/mol. The zero-order valence-corrected chi connectivity index (χ0v) is 11.3. The molecule has 1 aliphatic carbocycles. The summed E-state index contributed by atoms with van der Waals surface area (Å²) in [5, 5.41) is 21.0. The second kappa shape index (κ2) is 6.40. The first-order chi connectivity index (χ1) is 9.61. The highest BCUT2D eigenvalue weighted by molar-refractivity contribution is 5.78. The van der Waals surface area contributed by atoms with Crippen LogP contribution < -0.4 is 10.1 Å². The topological polar surface area (TPSA) is 82.3 Å². The van der Waals surface area contributed by atoms with Gasteiger partial charge in [0.25, 0.3) is 0 Å². The van der Waals surface area contributed by atoms with Gasteiger partial charge in [-0.2, -0.15) is 5.26 Å². The third-order valence-electron chi connectivity index (χ3n) is 3.49. The van der Waals surface area contributed by atoms with E-state index in [2.05, 4.69) is 5.32 Å².